The van der Waals surface area contributed by atoms with Crippen LogP contribution in [0.15, 0.2) is 18.2 Å². The number of hydrogen-bond acceptors (Lipinski definition) is 1. The largest absolute Gasteiger partial charge is 0.356 e. The zero-order valence-corrected chi connectivity index (χ0v) is 11.4. The summed E-state index contributed by atoms with van der Waals surface area (Å²) in [5, 5.41) is 3.14. The Labute approximate surface area is 113 Å². The molecule has 0 fully saturated rings. The van der Waals surface area contributed by atoms with Gasteiger partial charge in [-0.1, -0.05) is 43.9 Å². The van der Waals surface area contributed by atoms with Crippen molar-refractivity contribution in [2.45, 2.75) is 39.0 Å². The van der Waals surface area contributed by atoms with E-state index >= 15 is 0 Å². The van der Waals surface area contributed by atoms with Crippen molar-refractivity contribution < 1.29 is 9.18 Å². The smallest absolute Gasteiger partial charge is 0.224 e. The Morgan fingerprint density at radius 2 is 2.11 bits per heavy atom. The van der Waals surface area contributed by atoms with Gasteiger partial charge in [0.1, 0.15) is 5.82 Å². The van der Waals surface area contributed by atoms with Crippen LogP contribution in [0.1, 0.15) is 38.2 Å². The predicted octanol–water partition coefficient (Wildman–Crippen LogP) is 3.72. The van der Waals surface area contributed by atoms with Crippen LogP contribution < -0.4 is 5.32 Å². The molecule has 0 saturated heterocycles. The molecule has 0 aliphatic heterocycles. The molecule has 0 bridgehead atoms. The van der Waals surface area contributed by atoms with Gasteiger partial charge >= 0.3 is 0 Å². The van der Waals surface area contributed by atoms with Gasteiger partial charge in [-0.05, 0) is 24.1 Å². The number of carbonyl (C=O) groups is 1. The van der Waals surface area contributed by atoms with Gasteiger partial charge in [0, 0.05) is 11.6 Å². The second kappa shape index (κ2) is 8.09. The number of amides is 1. The highest BCUT2D eigenvalue weighted by atomic mass is 35.5. The van der Waals surface area contributed by atoms with Crippen LogP contribution in [0.5, 0.6) is 0 Å². The first-order chi connectivity index (χ1) is 8.63. The molecule has 4 heteroatoms. The summed E-state index contributed by atoms with van der Waals surface area (Å²) < 4.78 is 13.4. The quantitative estimate of drug-likeness (QED) is 0.753. The van der Waals surface area contributed by atoms with Crippen LogP contribution in [-0.2, 0) is 11.2 Å². The lowest BCUT2D eigenvalue weighted by atomic mass is 10.1. The molecule has 1 aromatic rings. The predicted molar refractivity (Wildman–Crippen MR) is 72.3 cm³/mol. The number of rotatable bonds is 7. The van der Waals surface area contributed by atoms with Crippen LogP contribution in [0.3, 0.4) is 0 Å². The fraction of sp³-hybridized carbons (Fsp3) is 0.500. The maximum atomic E-state index is 13.4. The van der Waals surface area contributed by atoms with Gasteiger partial charge in [-0.25, -0.2) is 4.39 Å². The van der Waals surface area contributed by atoms with Gasteiger partial charge in [0.2, 0.25) is 5.91 Å². The summed E-state index contributed by atoms with van der Waals surface area (Å²) in [6.07, 6.45) is 4.51. The van der Waals surface area contributed by atoms with Crippen molar-refractivity contribution in [3.63, 3.8) is 0 Å². The van der Waals surface area contributed by atoms with Crippen molar-refractivity contribution in [2.75, 3.05) is 6.54 Å². The van der Waals surface area contributed by atoms with E-state index in [1.54, 1.807) is 12.1 Å². The third-order valence-electron chi connectivity index (χ3n) is 2.72. The Balaban J connectivity index is 2.31. The third-order valence-corrected chi connectivity index (χ3v) is 2.95. The Hall–Kier alpha value is -1.09. The van der Waals surface area contributed by atoms with E-state index in [0.717, 1.165) is 12.8 Å². The highest BCUT2D eigenvalue weighted by Crippen LogP contribution is 2.14. The van der Waals surface area contributed by atoms with Crippen LogP contribution in [0.4, 0.5) is 4.39 Å². The van der Waals surface area contributed by atoms with Gasteiger partial charge in [-0.2, -0.15) is 0 Å². The summed E-state index contributed by atoms with van der Waals surface area (Å²) >= 11 is 5.65. The molecular weight excluding hydrogens is 253 g/mol. The molecule has 0 aliphatic rings. The highest BCUT2D eigenvalue weighted by Gasteiger charge is 2.08. The SMILES string of the molecule is CCCCCCNC(=O)Cc1ccc(Cl)cc1F. The Morgan fingerprint density at radius 1 is 1.33 bits per heavy atom. The van der Waals surface area contributed by atoms with E-state index in [9.17, 15) is 9.18 Å². The highest BCUT2D eigenvalue weighted by molar-refractivity contribution is 6.30. The minimum atomic E-state index is -0.427. The molecule has 0 unspecified atom stereocenters. The summed E-state index contributed by atoms with van der Waals surface area (Å²) in [4.78, 5) is 11.6. The maximum absolute atomic E-state index is 13.4. The van der Waals surface area contributed by atoms with Crippen molar-refractivity contribution in [3.05, 3.63) is 34.6 Å². The average molecular weight is 272 g/mol. The first-order valence-electron chi connectivity index (χ1n) is 6.34. The van der Waals surface area contributed by atoms with Gasteiger partial charge in [-0.3, -0.25) is 4.79 Å². The summed E-state index contributed by atoms with van der Waals surface area (Å²) in [6, 6.07) is 4.37. The Kier molecular flexibility index (Phi) is 6.73. The molecular formula is C14H19ClFNO. The molecule has 2 nitrogen and oxygen atoms in total. The van der Waals surface area contributed by atoms with E-state index in [1.807, 2.05) is 0 Å². The van der Waals surface area contributed by atoms with E-state index < -0.39 is 5.82 Å². The maximum Gasteiger partial charge on any atom is 0.224 e. The van der Waals surface area contributed by atoms with Crippen molar-refractivity contribution in [3.8, 4) is 0 Å². The Bertz CT molecular complexity index is 395. The fourth-order valence-electron chi connectivity index (χ4n) is 1.68. The number of unbranched alkanes of at least 4 members (excludes halogenated alkanes) is 3. The van der Waals surface area contributed by atoms with E-state index in [1.165, 1.54) is 18.9 Å². The van der Waals surface area contributed by atoms with Crippen LogP contribution >= 0.6 is 11.6 Å². The Morgan fingerprint density at radius 3 is 2.78 bits per heavy atom. The lowest BCUT2D eigenvalue weighted by Gasteiger charge is -2.06. The number of nitrogens with one attached hydrogen (secondary N) is 1. The van der Waals surface area contributed by atoms with E-state index in [4.69, 9.17) is 11.6 Å². The van der Waals surface area contributed by atoms with Crippen LogP contribution in [-0.4, -0.2) is 12.5 Å². The van der Waals surface area contributed by atoms with Gasteiger partial charge < -0.3 is 5.32 Å². The lowest BCUT2D eigenvalue weighted by molar-refractivity contribution is -0.120. The number of carbonyl (C=O) groups excluding carboxylic acids is 1. The van der Waals surface area contributed by atoms with E-state index in [-0.39, 0.29) is 12.3 Å². The first kappa shape index (κ1) is 15.0. The molecule has 1 amide bonds. The normalized spacial score (nSPS) is 10.4. The summed E-state index contributed by atoms with van der Waals surface area (Å²) in [5.41, 5.74) is 0.380. The molecule has 0 radical (unpaired) electrons. The second-order valence-corrected chi connectivity index (χ2v) is 4.76. The number of hydrogen-bond donors (Lipinski definition) is 1. The molecule has 0 atom stereocenters. The number of benzene rings is 1. The molecule has 0 saturated carbocycles. The monoisotopic (exact) mass is 271 g/mol. The van der Waals surface area contributed by atoms with E-state index in [0.29, 0.717) is 17.1 Å². The zero-order chi connectivity index (χ0) is 13.4. The van der Waals surface area contributed by atoms with Crippen molar-refractivity contribution >= 4 is 17.5 Å². The second-order valence-electron chi connectivity index (χ2n) is 4.32. The van der Waals surface area contributed by atoms with Crippen LogP contribution in [0.25, 0.3) is 0 Å². The van der Waals surface area contributed by atoms with Crippen molar-refractivity contribution in [1.29, 1.82) is 0 Å². The molecule has 1 aromatic carbocycles. The first-order valence-corrected chi connectivity index (χ1v) is 6.72. The molecule has 18 heavy (non-hydrogen) atoms. The molecule has 100 valence electrons. The van der Waals surface area contributed by atoms with Gasteiger partial charge in [0.15, 0.2) is 0 Å². The third kappa shape index (κ3) is 5.50. The van der Waals surface area contributed by atoms with Gasteiger partial charge in [0.05, 0.1) is 6.42 Å². The molecule has 0 spiro atoms. The minimum absolute atomic E-state index is 0.0662. The lowest BCUT2D eigenvalue weighted by Crippen LogP contribution is -2.26. The molecule has 0 heterocycles. The molecule has 0 aromatic heterocycles. The van der Waals surface area contributed by atoms with Crippen LogP contribution in [0.2, 0.25) is 5.02 Å². The van der Waals surface area contributed by atoms with E-state index in [2.05, 4.69) is 12.2 Å². The summed E-state index contributed by atoms with van der Waals surface area (Å²) in [5.74, 6) is -0.573. The zero-order valence-electron chi connectivity index (χ0n) is 10.6. The molecule has 1 N–H and O–H groups in total. The fourth-order valence-corrected chi connectivity index (χ4v) is 1.84. The number of halogens is 2. The summed E-state index contributed by atoms with van der Waals surface area (Å²) in [7, 11) is 0. The van der Waals surface area contributed by atoms with Gasteiger partial charge in [0.25, 0.3) is 0 Å². The minimum Gasteiger partial charge on any atom is -0.356 e. The van der Waals surface area contributed by atoms with Crippen LogP contribution in [0, 0.1) is 5.82 Å². The molecule has 1 rings (SSSR count). The van der Waals surface area contributed by atoms with Crippen molar-refractivity contribution in [2.24, 2.45) is 0 Å². The standard InChI is InChI=1S/C14H19ClFNO/c1-2-3-4-5-8-17-14(18)9-11-6-7-12(15)10-13(11)16/h6-7,10H,2-5,8-9H2,1H3,(H,17,18). The van der Waals surface area contributed by atoms with Gasteiger partial charge in [-0.15, -0.1) is 0 Å². The summed E-state index contributed by atoms with van der Waals surface area (Å²) in [6.45, 7) is 2.80. The topological polar surface area (TPSA) is 29.1 Å². The average Bonchev–Trinajstić information content (AvgIpc) is 2.32. The molecule has 0 aliphatic carbocycles. The van der Waals surface area contributed by atoms with Crippen molar-refractivity contribution in [1.82, 2.24) is 5.32 Å².